The zero-order chi connectivity index (χ0) is 14.5. The topological polar surface area (TPSA) is 46.5 Å². The minimum Gasteiger partial charge on any atom is -0.496 e. The highest BCUT2D eigenvalue weighted by Crippen LogP contribution is 2.30. The van der Waals surface area contributed by atoms with Crippen LogP contribution in [0, 0.1) is 0 Å². The standard InChI is InChI=1S/C15H13ClO3S/c1-19-14-6-5-12(16)7-11(14)9-20-13-4-2-3-10(8-13)15(17)18/h2-8H,9H2,1H3,(H,17,18). The van der Waals surface area contributed by atoms with Gasteiger partial charge >= 0.3 is 5.97 Å². The molecule has 2 aromatic carbocycles. The van der Waals surface area contributed by atoms with E-state index in [9.17, 15) is 4.79 Å². The second-order valence-electron chi connectivity index (χ2n) is 4.08. The summed E-state index contributed by atoms with van der Waals surface area (Å²) in [6.07, 6.45) is 0. The summed E-state index contributed by atoms with van der Waals surface area (Å²) in [5.74, 6) is 0.511. The number of thioether (sulfide) groups is 1. The smallest absolute Gasteiger partial charge is 0.335 e. The fraction of sp³-hybridized carbons (Fsp3) is 0.133. The Bertz CT molecular complexity index is 628. The fourth-order valence-electron chi connectivity index (χ4n) is 1.74. The summed E-state index contributed by atoms with van der Waals surface area (Å²) in [5, 5.41) is 9.62. The van der Waals surface area contributed by atoms with Crippen LogP contribution in [-0.2, 0) is 5.75 Å². The fourth-order valence-corrected chi connectivity index (χ4v) is 2.87. The zero-order valence-electron chi connectivity index (χ0n) is 10.8. The molecule has 2 rings (SSSR count). The van der Waals surface area contributed by atoms with E-state index in [1.165, 1.54) is 0 Å². The quantitative estimate of drug-likeness (QED) is 0.835. The summed E-state index contributed by atoms with van der Waals surface area (Å²) in [5.41, 5.74) is 1.26. The lowest BCUT2D eigenvalue weighted by Crippen LogP contribution is -1.95. The van der Waals surface area contributed by atoms with Gasteiger partial charge in [-0.05, 0) is 36.4 Å². The molecule has 0 spiro atoms. The number of methoxy groups -OCH3 is 1. The number of halogens is 1. The summed E-state index contributed by atoms with van der Waals surface area (Å²) in [4.78, 5) is 11.8. The monoisotopic (exact) mass is 308 g/mol. The van der Waals surface area contributed by atoms with Crippen LogP contribution >= 0.6 is 23.4 Å². The third-order valence-corrected chi connectivity index (χ3v) is 4.00. The van der Waals surface area contributed by atoms with Gasteiger partial charge in [-0.3, -0.25) is 0 Å². The molecule has 0 aliphatic rings. The molecule has 2 aromatic rings. The van der Waals surface area contributed by atoms with Crippen molar-refractivity contribution in [1.29, 1.82) is 0 Å². The van der Waals surface area contributed by atoms with Gasteiger partial charge in [0.2, 0.25) is 0 Å². The highest BCUT2D eigenvalue weighted by Gasteiger charge is 2.07. The molecule has 0 aliphatic heterocycles. The molecule has 0 aliphatic carbocycles. The van der Waals surface area contributed by atoms with Crippen molar-refractivity contribution in [2.45, 2.75) is 10.6 Å². The van der Waals surface area contributed by atoms with Crippen molar-refractivity contribution >= 4 is 29.3 Å². The summed E-state index contributed by atoms with van der Waals surface area (Å²) in [6.45, 7) is 0. The average Bonchev–Trinajstić information content (AvgIpc) is 2.45. The molecule has 0 saturated carbocycles. The van der Waals surface area contributed by atoms with E-state index in [0.717, 1.165) is 16.2 Å². The number of hydrogen-bond acceptors (Lipinski definition) is 3. The van der Waals surface area contributed by atoms with Gasteiger partial charge in [0.15, 0.2) is 0 Å². The average molecular weight is 309 g/mol. The number of aromatic carboxylic acids is 1. The maximum absolute atomic E-state index is 10.9. The molecule has 0 amide bonds. The molecule has 0 heterocycles. The Morgan fingerprint density at radius 1 is 1.30 bits per heavy atom. The third-order valence-electron chi connectivity index (χ3n) is 2.72. The molecule has 5 heteroatoms. The Hall–Kier alpha value is -1.65. The van der Waals surface area contributed by atoms with Crippen LogP contribution in [0.4, 0.5) is 0 Å². The first-order valence-electron chi connectivity index (χ1n) is 5.88. The maximum atomic E-state index is 10.9. The molecular weight excluding hydrogens is 296 g/mol. The van der Waals surface area contributed by atoms with Crippen molar-refractivity contribution in [2.75, 3.05) is 7.11 Å². The van der Waals surface area contributed by atoms with E-state index in [4.69, 9.17) is 21.4 Å². The van der Waals surface area contributed by atoms with E-state index in [1.807, 2.05) is 18.2 Å². The molecule has 3 nitrogen and oxygen atoms in total. The molecular formula is C15H13ClO3S. The van der Waals surface area contributed by atoms with Gasteiger partial charge in [0.05, 0.1) is 12.7 Å². The van der Waals surface area contributed by atoms with E-state index < -0.39 is 5.97 Å². The van der Waals surface area contributed by atoms with Crippen LogP contribution in [-0.4, -0.2) is 18.2 Å². The van der Waals surface area contributed by atoms with Crippen LogP contribution in [0.1, 0.15) is 15.9 Å². The molecule has 104 valence electrons. The van der Waals surface area contributed by atoms with Gasteiger partial charge in [-0.25, -0.2) is 4.79 Å². The van der Waals surface area contributed by atoms with E-state index in [-0.39, 0.29) is 5.56 Å². The zero-order valence-corrected chi connectivity index (χ0v) is 12.4. The minimum absolute atomic E-state index is 0.285. The third kappa shape index (κ3) is 3.68. The lowest BCUT2D eigenvalue weighted by atomic mass is 10.2. The lowest BCUT2D eigenvalue weighted by Gasteiger charge is -2.09. The minimum atomic E-state index is -0.923. The number of rotatable bonds is 5. The predicted octanol–water partition coefficient (Wildman–Crippen LogP) is 4.34. The Morgan fingerprint density at radius 3 is 2.80 bits per heavy atom. The van der Waals surface area contributed by atoms with E-state index in [1.54, 1.807) is 43.1 Å². The summed E-state index contributed by atoms with van der Waals surface area (Å²) < 4.78 is 5.28. The molecule has 20 heavy (non-hydrogen) atoms. The molecule has 0 aromatic heterocycles. The predicted molar refractivity (Wildman–Crippen MR) is 81.0 cm³/mol. The second-order valence-corrected chi connectivity index (χ2v) is 5.56. The lowest BCUT2D eigenvalue weighted by molar-refractivity contribution is 0.0696. The Labute approximate surface area is 126 Å². The second kappa shape index (κ2) is 6.68. The van der Waals surface area contributed by atoms with Gasteiger partial charge in [0.1, 0.15) is 5.75 Å². The van der Waals surface area contributed by atoms with Crippen molar-refractivity contribution in [3.63, 3.8) is 0 Å². The Kier molecular flexibility index (Phi) is 4.93. The van der Waals surface area contributed by atoms with Crippen LogP contribution in [0.2, 0.25) is 5.02 Å². The Morgan fingerprint density at radius 2 is 2.10 bits per heavy atom. The van der Waals surface area contributed by atoms with Crippen molar-refractivity contribution in [2.24, 2.45) is 0 Å². The SMILES string of the molecule is COc1ccc(Cl)cc1CSc1cccc(C(=O)O)c1. The number of carboxylic acids is 1. The van der Waals surface area contributed by atoms with E-state index in [0.29, 0.717) is 10.8 Å². The normalized spacial score (nSPS) is 10.3. The molecule has 0 bridgehead atoms. The van der Waals surface area contributed by atoms with Gasteiger partial charge in [0, 0.05) is 21.2 Å². The highest BCUT2D eigenvalue weighted by atomic mass is 35.5. The number of benzene rings is 2. The first kappa shape index (κ1) is 14.8. The van der Waals surface area contributed by atoms with Gasteiger partial charge < -0.3 is 9.84 Å². The van der Waals surface area contributed by atoms with Crippen molar-refractivity contribution < 1.29 is 14.6 Å². The molecule has 0 radical (unpaired) electrons. The maximum Gasteiger partial charge on any atom is 0.335 e. The largest absolute Gasteiger partial charge is 0.496 e. The molecule has 0 fully saturated rings. The van der Waals surface area contributed by atoms with Gasteiger partial charge in [-0.2, -0.15) is 0 Å². The van der Waals surface area contributed by atoms with Crippen LogP contribution in [0.15, 0.2) is 47.4 Å². The summed E-state index contributed by atoms with van der Waals surface area (Å²) in [6, 6.07) is 12.3. The van der Waals surface area contributed by atoms with Gasteiger partial charge in [0.25, 0.3) is 0 Å². The van der Waals surface area contributed by atoms with Crippen molar-refractivity contribution in [3.05, 3.63) is 58.6 Å². The number of ether oxygens (including phenoxy) is 1. The number of hydrogen-bond donors (Lipinski definition) is 1. The molecule has 0 unspecified atom stereocenters. The van der Waals surface area contributed by atoms with Crippen LogP contribution in [0.5, 0.6) is 5.75 Å². The molecule has 0 atom stereocenters. The molecule has 1 N–H and O–H groups in total. The number of carboxylic acid groups (broad SMARTS) is 1. The highest BCUT2D eigenvalue weighted by molar-refractivity contribution is 7.98. The van der Waals surface area contributed by atoms with Gasteiger partial charge in [-0.1, -0.05) is 17.7 Å². The first-order valence-corrected chi connectivity index (χ1v) is 7.25. The van der Waals surface area contributed by atoms with Crippen LogP contribution in [0.25, 0.3) is 0 Å². The van der Waals surface area contributed by atoms with Crippen molar-refractivity contribution in [3.8, 4) is 5.75 Å². The summed E-state index contributed by atoms with van der Waals surface area (Å²) >= 11 is 7.52. The van der Waals surface area contributed by atoms with Crippen LogP contribution in [0.3, 0.4) is 0 Å². The van der Waals surface area contributed by atoms with E-state index >= 15 is 0 Å². The van der Waals surface area contributed by atoms with E-state index in [2.05, 4.69) is 0 Å². The molecule has 0 saturated heterocycles. The number of carbonyl (C=O) groups is 1. The first-order chi connectivity index (χ1) is 9.60. The Balaban J connectivity index is 2.14. The van der Waals surface area contributed by atoms with Crippen LogP contribution < -0.4 is 4.74 Å². The summed E-state index contributed by atoms with van der Waals surface area (Å²) in [7, 11) is 1.61. The van der Waals surface area contributed by atoms with Gasteiger partial charge in [-0.15, -0.1) is 11.8 Å². The van der Waals surface area contributed by atoms with Crippen molar-refractivity contribution in [1.82, 2.24) is 0 Å².